The number of rotatable bonds is 6. The molecule has 0 radical (unpaired) electrons. The average Bonchev–Trinajstić information content (AvgIpc) is 3.17. The molecule has 2 aromatic carbocycles. The van der Waals surface area contributed by atoms with Gasteiger partial charge in [0, 0.05) is 23.1 Å². The van der Waals surface area contributed by atoms with Crippen LogP contribution in [-0.2, 0) is 11.0 Å². The fraction of sp³-hybridized carbons (Fsp3) is 0.375. The second kappa shape index (κ2) is 8.46. The van der Waals surface area contributed by atoms with Crippen molar-refractivity contribution >= 4 is 11.3 Å². The van der Waals surface area contributed by atoms with Crippen LogP contribution in [0.15, 0.2) is 47.8 Å². The molecule has 0 saturated carbocycles. The number of aromatic nitrogens is 1. The molecule has 0 saturated heterocycles. The van der Waals surface area contributed by atoms with Crippen LogP contribution in [0.1, 0.15) is 36.9 Å². The summed E-state index contributed by atoms with van der Waals surface area (Å²) in [6.45, 7) is 6.76. The van der Waals surface area contributed by atoms with Crippen LogP contribution < -0.4 is 4.74 Å². The van der Waals surface area contributed by atoms with Crippen LogP contribution in [-0.4, -0.2) is 42.7 Å². The van der Waals surface area contributed by atoms with E-state index < -0.39 is 5.60 Å². The predicted octanol–water partition coefficient (Wildman–Crippen LogP) is 5.05. The third kappa shape index (κ3) is 4.56. The molecule has 6 heteroatoms. The molecule has 0 spiro atoms. The number of nitrogens with zero attached hydrogens (tertiary/aromatic N) is 2. The fourth-order valence-electron chi connectivity index (χ4n) is 3.44. The molecule has 0 aliphatic rings. The van der Waals surface area contributed by atoms with Crippen molar-refractivity contribution in [1.82, 2.24) is 9.88 Å². The van der Waals surface area contributed by atoms with E-state index in [9.17, 15) is 9.50 Å². The minimum absolute atomic E-state index is 0.0812. The van der Waals surface area contributed by atoms with Gasteiger partial charge >= 0.3 is 0 Å². The quantitative estimate of drug-likeness (QED) is 0.597. The fourth-order valence-corrected chi connectivity index (χ4v) is 4.37. The Labute approximate surface area is 182 Å². The van der Waals surface area contributed by atoms with Crippen molar-refractivity contribution in [3.63, 3.8) is 0 Å². The SMILES string of the molecule is COc1ccc(C(C)(C)C)cc1C(O)(CN(C)C)c1nc(-c2ccc(F)cc2)cs1. The summed E-state index contributed by atoms with van der Waals surface area (Å²) in [6.07, 6.45) is 0. The van der Waals surface area contributed by atoms with E-state index in [1.54, 1.807) is 19.2 Å². The first-order chi connectivity index (χ1) is 14.0. The van der Waals surface area contributed by atoms with Gasteiger partial charge in [-0.15, -0.1) is 11.3 Å². The van der Waals surface area contributed by atoms with E-state index in [4.69, 9.17) is 9.72 Å². The van der Waals surface area contributed by atoms with Crippen LogP contribution in [0.3, 0.4) is 0 Å². The van der Waals surface area contributed by atoms with Crippen molar-refractivity contribution in [2.24, 2.45) is 0 Å². The van der Waals surface area contributed by atoms with Gasteiger partial charge in [0.15, 0.2) is 5.60 Å². The first-order valence-corrected chi connectivity index (χ1v) is 10.7. The molecule has 0 aliphatic carbocycles. The number of ether oxygens (including phenoxy) is 1. The van der Waals surface area contributed by atoms with Gasteiger partial charge in [-0.2, -0.15) is 0 Å². The maximum absolute atomic E-state index is 13.3. The third-order valence-corrected chi connectivity index (χ3v) is 6.05. The van der Waals surface area contributed by atoms with Crippen LogP contribution in [0.4, 0.5) is 4.39 Å². The van der Waals surface area contributed by atoms with E-state index in [1.807, 2.05) is 42.6 Å². The Kier molecular flexibility index (Phi) is 6.32. The topological polar surface area (TPSA) is 45.6 Å². The molecule has 1 N–H and O–H groups in total. The summed E-state index contributed by atoms with van der Waals surface area (Å²) in [4.78, 5) is 6.68. The molecule has 0 amide bonds. The second-order valence-corrected chi connectivity index (χ2v) is 9.67. The minimum atomic E-state index is -1.36. The maximum atomic E-state index is 13.3. The lowest BCUT2D eigenvalue weighted by atomic mass is 9.83. The van der Waals surface area contributed by atoms with Gasteiger partial charge in [0.25, 0.3) is 0 Å². The largest absolute Gasteiger partial charge is 0.496 e. The van der Waals surface area contributed by atoms with Crippen molar-refractivity contribution in [3.05, 3.63) is 69.8 Å². The summed E-state index contributed by atoms with van der Waals surface area (Å²) in [5.41, 5.74) is 1.86. The van der Waals surface area contributed by atoms with Crippen molar-refractivity contribution in [3.8, 4) is 17.0 Å². The summed E-state index contributed by atoms with van der Waals surface area (Å²) in [5.74, 6) is 0.327. The van der Waals surface area contributed by atoms with Gasteiger partial charge in [0.2, 0.25) is 0 Å². The number of thiazole rings is 1. The van der Waals surface area contributed by atoms with E-state index in [2.05, 4.69) is 20.8 Å². The van der Waals surface area contributed by atoms with E-state index >= 15 is 0 Å². The molecule has 1 atom stereocenters. The van der Waals surface area contributed by atoms with Crippen molar-refractivity contribution in [2.45, 2.75) is 31.8 Å². The monoisotopic (exact) mass is 428 g/mol. The molecule has 1 heterocycles. The van der Waals surface area contributed by atoms with Crippen molar-refractivity contribution in [2.75, 3.05) is 27.7 Å². The average molecular weight is 429 g/mol. The molecule has 30 heavy (non-hydrogen) atoms. The normalized spacial score (nSPS) is 14.0. The maximum Gasteiger partial charge on any atom is 0.157 e. The lowest BCUT2D eigenvalue weighted by molar-refractivity contribution is 0.0487. The molecule has 160 valence electrons. The highest BCUT2D eigenvalue weighted by Crippen LogP contribution is 2.41. The molecule has 0 bridgehead atoms. The number of hydrogen-bond acceptors (Lipinski definition) is 5. The first-order valence-electron chi connectivity index (χ1n) is 9.82. The molecule has 4 nitrogen and oxygen atoms in total. The smallest absolute Gasteiger partial charge is 0.157 e. The molecular weight excluding hydrogens is 399 g/mol. The molecule has 3 rings (SSSR count). The van der Waals surface area contributed by atoms with Gasteiger partial charge in [-0.25, -0.2) is 9.37 Å². The van der Waals surface area contributed by atoms with Gasteiger partial charge in [0.1, 0.15) is 16.6 Å². The highest BCUT2D eigenvalue weighted by atomic mass is 32.1. The van der Waals surface area contributed by atoms with Gasteiger partial charge in [-0.05, 0) is 61.5 Å². The minimum Gasteiger partial charge on any atom is -0.496 e. The number of likely N-dealkylation sites (N-methyl/N-ethyl adjacent to an activating group) is 1. The number of aliphatic hydroxyl groups is 1. The summed E-state index contributed by atoms with van der Waals surface area (Å²) in [5, 5.41) is 14.5. The van der Waals surface area contributed by atoms with Gasteiger partial charge in [-0.3, -0.25) is 0 Å². The van der Waals surface area contributed by atoms with Gasteiger partial charge in [-0.1, -0.05) is 26.8 Å². The zero-order valence-electron chi connectivity index (χ0n) is 18.4. The third-order valence-electron chi connectivity index (χ3n) is 5.05. The lowest BCUT2D eigenvalue weighted by Crippen LogP contribution is -2.39. The number of benzene rings is 2. The van der Waals surface area contributed by atoms with Crippen LogP contribution in [0.2, 0.25) is 0 Å². The lowest BCUT2D eigenvalue weighted by Gasteiger charge is -2.32. The summed E-state index contributed by atoms with van der Waals surface area (Å²) in [6, 6.07) is 12.2. The Morgan fingerprint density at radius 2 is 1.77 bits per heavy atom. The van der Waals surface area contributed by atoms with Crippen molar-refractivity contribution in [1.29, 1.82) is 0 Å². The Hall–Kier alpha value is -2.28. The Bertz CT molecular complexity index is 1010. The van der Waals surface area contributed by atoms with Crippen LogP contribution in [0, 0.1) is 5.82 Å². The Morgan fingerprint density at radius 3 is 2.33 bits per heavy atom. The molecular formula is C24H29FN2O2S. The molecule has 1 unspecified atom stereocenters. The van der Waals surface area contributed by atoms with E-state index in [1.165, 1.54) is 23.5 Å². The van der Waals surface area contributed by atoms with Crippen molar-refractivity contribution < 1.29 is 14.2 Å². The molecule has 3 aromatic rings. The number of hydrogen-bond donors (Lipinski definition) is 1. The van der Waals surface area contributed by atoms with Gasteiger partial charge in [0.05, 0.1) is 12.8 Å². The Balaban J connectivity index is 2.15. The zero-order valence-corrected chi connectivity index (χ0v) is 19.2. The standard InChI is InChI=1S/C24H29FN2O2S/c1-23(2,3)17-9-12-21(29-6)19(13-17)24(28,15-27(4)5)22-26-20(14-30-22)16-7-10-18(25)11-8-16/h7-14,28H,15H2,1-6H3. The highest BCUT2D eigenvalue weighted by Gasteiger charge is 2.39. The van der Waals surface area contributed by atoms with Gasteiger partial charge < -0.3 is 14.7 Å². The molecule has 0 aliphatic heterocycles. The summed E-state index contributed by atoms with van der Waals surface area (Å²) < 4.78 is 18.9. The van der Waals surface area contributed by atoms with E-state index in [0.29, 0.717) is 28.6 Å². The predicted molar refractivity (Wildman–Crippen MR) is 121 cm³/mol. The van der Waals surface area contributed by atoms with E-state index in [0.717, 1.165) is 11.1 Å². The Morgan fingerprint density at radius 1 is 1.10 bits per heavy atom. The van der Waals surface area contributed by atoms with Crippen LogP contribution in [0.5, 0.6) is 5.75 Å². The van der Waals surface area contributed by atoms with Crippen LogP contribution >= 0.6 is 11.3 Å². The van der Waals surface area contributed by atoms with Crippen LogP contribution in [0.25, 0.3) is 11.3 Å². The number of halogens is 1. The summed E-state index contributed by atoms with van der Waals surface area (Å²) >= 11 is 1.39. The molecule has 0 fully saturated rings. The second-order valence-electron chi connectivity index (χ2n) is 8.81. The number of methoxy groups -OCH3 is 1. The zero-order chi connectivity index (χ0) is 22.1. The highest BCUT2D eigenvalue weighted by molar-refractivity contribution is 7.10. The first kappa shape index (κ1) is 22.4. The molecule has 1 aromatic heterocycles. The summed E-state index contributed by atoms with van der Waals surface area (Å²) in [7, 11) is 5.44. The van der Waals surface area contributed by atoms with E-state index in [-0.39, 0.29) is 11.2 Å².